The summed E-state index contributed by atoms with van der Waals surface area (Å²) in [6, 6.07) is 18.7. The SMILES string of the molecule is O=C1Nc2ccccc2[C@H]2CN(Cc3ccccc3)C[C@H]12. The fourth-order valence-electron chi connectivity index (χ4n) is 3.60. The summed E-state index contributed by atoms with van der Waals surface area (Å²) in [6.07, 6.45) is 0. The summed E-state index contributed by atoms with van der Waals surface area (Å²) in [6.45, 7) is 2.73. The number of para-hydroxylation sites is 1. The van der Waals surface area contributed by atoms with Crippen LogP contribution in [0.25, 0.3) is 0 Å². The fourth-order valence-corrected chi connectivity index (χ4v) is 3.60. The third-order valence-electron chi connectivity index (χ3n) is 4.60. The van der Waals surface area contributed by atoms with Crippen LogP contribution in [0.5, 0.6) is 0 Å². The number of rotatable bonds is 2. The highest BCUT2D eigenvalue weighted by Gasteiger charge is 2.42. The second-order valence-corrected chi connectivity index (χ2v) is 5.97. The van der Waals surface area contributed by atoms with Crippen LogP contribution in [0, 0.1) is 5.92 Å². The maximum absolute atomic E-state index is 12.3. The first-order chi connectivity index (χ1) is 10.3. The molecule has 21 heavy (non-hydrogen) atoms. The molecule has 0 radical (unpaired) electrons. The van der Waals surface area contributed by atoms with Crippen LogP contribution in [-0.4, -0.2) is 23.9 Å². The van der Waals surface area contributed by atoms with Gasteiger partial charge in [0.15, 0.2) is 0 Å². The van der Waals surface area contributed by atoms with E-state index in [1.165, 1.54) is 11.1 Å². The largest absolute Gasteiger partial charge is 0.326 e. The molecule has 2 aromatic carbocycles. The van der Waals surface area contributed by atoms with Gasteiger partial charge >= 0.3 is 0 Å². The molecular formula is C18H18N2O. The molecule has 1 saturated heterocycles. The predicted molar refractivity (Wildman–Crippen MR) is 83.0 cm³/mol. The van der Waals surface area contributed by atoms with Crippen LogP contribution in [0.2, 0.25) is 0 Å². The number of anilines is 1. The zero-order valence-corrected chi connectivity index (χ0v) is 11.8. The molecule has 2 heterocycles. The van der Waals surface area contributed by atoms with Gasteiger partial charge in [0.05, 0.1) is 5.92 Å². The highest BCUT2D eigenvalue weighted by molar-refractivity contribution is 5.97. The van der Waals surface area contributed by atoms with Crippen LogP contribution in [0.4, 0.5) is 5.69 Å². The number of nitrogens with one attached hydrogen (secondary N) is 1. The quantitative estimate of drug-likeness (QED) is 0.916. The molecule has 4 rings (SSSR count). The van der Waals surface area contributed by atoms with Crippen LogP contribution in [0.15, 0.2) is 54.6 Å². The molecule has 2 aliphatic rings. The first kappa shape index (κ1) is 12.6. The van der Waals surface area contributed by atoms with Gasteiger partial charge in [-0.05, 0) is 17.2 Å². The lowest BCUT2D eigenvalue weighted by Gasteiger charge is -2.26. The fraction of sp³-hybridized carbons (Fsp3) is 0.278. The smallest absolute Gasteiger partial charge is 0.229 e. The number of hydrogen-bond acceptors (Lipinski definition) is 2. The minimum atomic E-state index is 0.0867. The van der Waals surface area contributed by atoms with E-state index < -0.39 is 0 Å². The van der Waals surface area contributed by atoms with Gasteiger partial charge in [-0.2, -0.15) is 0 Å². The second-order valence-electron chi connectivity index (χ2n) is 5.97. The highest BCUT2D eigenvalue weighted by atomic mass is 16.2. The van der Waals surface area contributed by atoms with Crippen molar-refractivity contribution in [1.29, 1.82) is 0 Å². The molecule has 2 aliphatic heterocycles. The number of carbonyl (C=O) groups is 1. The third kappa shape index (κ3) is 2.24. The van der Waals surface area contributed by atoms with Gasteiger partial charge in [0.2, 0.25) is 5.91 Å². The Morgan fingerprint density at radius 3 is 2.52 bits per heavy atom. The van der Waals surface area contributed by atoms with Gasteiger partial charge in [0.25, 0.3) is 0 Å². The van der Waals surface area contributed by atoms with Crippen LogP contribution < -0.4 is 5.32 Å². The molecule has 2 atom stereocenters. The van der Waals surface area contributed by atoms with E-state index in [-0.39, 0.29) is 11.8 Å². The average molecular weight is 278 g/mol. The minimum Gasteiger partial charge on any atom is -0.326 e. The summed E-state index contributed by atoms with van der Waals surface area (Å²) in [4.78, 5) is 14.7. The van der Waals surface area contributed by atoms with Crippen molar-refractivity contribution in [2.45, 2.75) is 12.5 Å². The molecule has 0 aliphatic carbocycles. The Morgan fingerprint density at radius 2 is 1.67 bits per heavy atom. The predicted octanol–water partition coefficient (Wildman–Crippen LogP) is 2.85. The maximum Gasteiger partial charge on any atom is 0.229 e. The Balaban J connectivity index is 1.58. The van der Waals surface area contributed by atoms with Crippen molar-refractivity contribution in [3.8, 4) is 0 Å². The number of benzene rings is 2. The van der Waals surface area contributed by atoms with Crippen LogP contribution in [-0.2, 0) is 11.3 Å². The minimum absolute atomic E-state index is 0.0867. The molecule has 0 aromatic heterocycles. The Bertz CT molecular complexity index is 668. The maximum atomic E-state index is 12.3. The molecule has 0 spiro atoms. The van der Waals surface area contributed by atoms with E-state index in [4.69, 9.17) is 0 Å². The Morgan fingerprint density at radius 1 is 0.952 bits per heavy atom. The highest BCUT2D eigenvalue weighted by Crippen LogP contribution is 2.40. The summed E-state index contributed by atoms with van der Waals surface area (Å²) >= 11 is 0. The van der Waals surface area contributed by atoms with E-state index >= 15 is 0 Å². The summed E-state index contributed by atoms with van der Waals surface area (Å²) < 4.78 is 0. The summed E-state index contributed by atoms with van der Waals surface area (Å²) in [5, 5.41) is 3.05. The Kier molecular flexibility index (Phi) is 3.00. The van der Waals surface area contributed by atoms with Crippen molar-refractivity contribution in [1.82, 2.24) is 4.90 Å². The number of amides is 1. The van der Waals surface area contributed by atoms with Crippen LogP contribution >= 0.6 is 0 Å². The first-order valence-corrected chi connectivity index (χ1v) is 7.47. The number of likely N-dealkylation sites (tertiary alicyclic amines) is 1. The summed E-state index contributed by atoms with van der Waals surface area (Å²) in [7, 11) is 0. The molecule has 0 bridgehead atoms. The van der Waals surface area contributed by atoms with Crippen LogP contribution in [0.1, 0.15) is 17.0 Å². The second kappa shape index (κ2) is 5.01. The molecule has 0 saturated carbocycles. The molecule has 1 N–H and O–H groups in total. The van der Waals surface area contributed by atoms with Gasteiger partial charge in [-0.3, -0.25) is 9.69 Å². The molecule has 1 amide bonds. The van der Waals surface area contributed by atoms with E-state index in [0.717, 1.165) is 25.3 Å². The molecular weight excluding hydrogens is 260 g/mol. The zero-order valence-electron chi connectivity index (χ0n) is 11.8. The van der Waals surface area contributed by atoms with Gasteiger partial charge in [-0.25, -0.2) is 0 Å². The zero-order chi connectivity index (χ0) is 14.2. The lowest BCUT2D eigenvalue weighted by molar-refractivity contribution is -0.120. The summed E-state index contributed by atoms with van der Waals surface area (Å²) in [5.41, 5.74) is 3.59. The van der Waals surface area contributed by atoms with Gasteiger partial charge in [0, 0.05) is 31.2 Å². The molecule has 3 nitrogen and oxygen atoms in total. The van der Waals surface area contributed by atoms with Crippen molar-refractivity contribution >= 4 is 11.6 Å². The first-order valence-electron chi connectivity index (χ1n) is 7.47. The number of fused-ring (bicyclic) bond motifs is 3. The Labute approximate surface area is 124 Å². The van der Waals surface area contributed by atoms with Crippen molar-refractivity contribution in [3.63, 3.8) is 0 Å². The van der Waals surface area contributed by atoms with Crippen molar-refractivity contribution < 1.29 is 4.79 Å². The van der Waals surface area contributed by atoms with Gasteiger partial charge in [0.1, 0.15) is 0 Å². The number of hydrogen-bond donors (Lipinski definition) is 1. The normalized spacial score (nSPS) is 24.3. The topological polar surface area (TPSA) is 32.3 Å². The van der Waals surface area contributed by atoms with Crippen molar-refractivity contribution in [2.75, 3.05) is 18.4 Å². The van der Waals surface area contributed by atoms with Gasteiger partial charge < -0.3 is 5.32 Å². The molecule has 2 aromatic rings. The van der Waals surface area contributed by atoms with E-state index in [1.54, 1.807) is 0 Å². The van der Waals surface area contributed by atoms with E-state index in [2.05, 4.69) is 46.6 Å². The van der Waals surface area contributed by atoms with Crippen molar-refractivity contribution in [3.05, 3.63) is 65.7 Å². The molecule has 3 heteroatoms. The van der Waals surface area contributed by atoms with Crippen LogP contribution in [0.3, 0.4) is 0 Å². The lowest BCUT2D eigenvalue weighted by atomic mass is 9.84. The number of carbonyl (C=O) groups excluding carboxylic acids is 1. The van der Waals surface area contributed by atoms with E-state index in [9.17, 15) is 4.79 Å². The monoisotopic (exact) mass is 278 g/mol. The van der Waals surface area contributed by atoms with Crippen molar-refractivity contribution in [2.24, 2.45) is 5.92 Å². The molecule has 0 unspecified atom stereocenters. The van der Waals surface area contributed by atoms with E-state index in [1.807, 2.05) is 18.2 Å². The lowest BCUT2D eigenvalue weighted by Crippen LogP contribution is -2.33. The van der Waals surface area contributed by atoms with Gasteiger partial charge in [-0.15, -0.1) is 0 Å². The van der Waals surface area contributed by atoms with Gasteiger partial charge in [-0.1, -0.05) is 48.5 Å². The number of nitrogens with zero attached hydrogens (tertiary/aromatic N) is 1. The van der Waals surface area contributed by atoms with E-state index in [0.29, 0.717) is 5.92 Å². The average Bonchev–Trinajstić information content (AvgIpc) is 2.93. The third-order valence-corrected chi connectivity index (χ3v) is 4.60. The molecule has 106 valence electrons. The molecule has 1 fully saturated rings. The standard InChI is InChI=1S/C18H18N2O/c21-18-16-12-20(10-13-6-2-1-3-7-13)11-15(16)14-8-4-5-9-17(14)19-18/h1-9,15-16H,10-12H2,(H,19,21)/t15-,16+/m1/s1. The summed E-state index contributed by atoms with van der Waals surface area (Å²) in [5.74, 6) is 0.594. The Hall–Kier alpha value is -2.13.